The monoisotopic (exact) mass is 219 g/mol. The highest BCUT2D eigenvalue weighted by molar-refractivity contribution is 5.28. The van der Waals surface area contributed by atoms with Crippen molar-refractivity contribution in [2.75, 3.05) is 6.54 Å². The van der Waals surface area contributed by atoms with Gasteiger partial charge in [0.05, 0.1) is 6.54 Å². The number of halogens is 3. The predicted octanol–water partition coefficient (Wildman–Crippen LogP) is 2.61. The fourth-order valence-electron chi connectivity index (χ4n) is 1.18. The molecule has 15 heavy (non-hydrogen) atoms. The summed E-state index contributed by atoms with van der Waals surface area (Å²) >= 11 is 0. The highest BCUT2D eigenvalue weighted by atomic mass is 19.4. The van der Waals surface area contributed by atoms with E-state index in [-0.39, 0.29) is 5.75 Å². The molecule has 1 atom stereocenters. The van der Waals surface area contributed by atoms with Crippen LogP contribution in [0.3, 0.4) is 0 Å². The van der Waals surface area contributed by atoms with Crippen LogP contribution in [0.1, 0.15) is 18.5 Å². The molecule has 0 aromatic heterocycles. The number of hydrogen-bond acceptors (Lipinski definition) is 2. The van der Waals surface area contributed by atoms with E-state index >= 15 is 0 Å². The second-order valence-electron chi connectivity index (χ2n) is 3.31. The molecule has 1 rings (SSSR count). The number of phenols is 1. The molecule has 0 saturated heterocycles. The topological polar surface area (TPSA) is 32.3 Å². The lowest BCUT2D eigenvalue weighted by Gasteiger charge is -2.15. The van der Waals surface area contributed by atoms with E-state index in [2.05, 4.69) is 5.32 Å². The number of benzene rings is 1. The lowest BCUT2D eigenvalue weighted by Crippen LogP contribution is -2.30. The third-order valence-corrected chi connectivity index (χ3v) is 1.98. The quantitative estimate of drug-likeness (QED) is 0.819. The van der Waals surface area contributed by atoms with Crippen LogP contribution in [0.25, 0.3) is 0 Å². The van der Waals surface area contributed by atoms with Crippen LogP contribution < -0.4 is 5.32 Å². The Kier molecular flexibility index (Phi) is 3.57. The minimum absolute atomic E-state index is 0.0492. The first-order valence-electron chi connectivity index (χ1n) is 4.47. The Labute approximate surface area is 85.7 Å². The Morgan fingerprint density at radius 2 is 2.07 bits per heavy atom. The van der Waals surface area contributed by atoms with Gasteiger partial charge in [-0.1, -0.05) is 12.1 Å². The molecule has 1 aromatic rings. The van der Waals surface area contributed by atoms with Gasteiger partial charge in [-0.15, -0.1) is 0 Å². The van der Waals surface area contributed by atoms with Crippen LogP contribution in [0.4, 0.5) is 13.2 Å². The van der Waals surface area contributed by atoms with E-state index in [0.717, 1.165) is 0 Å². The Hall–Kier alpha value is -1.23. The molecule has 0 aliphatic rings. The standard InChI is InChI=1S/C10H12F3NO/c1-7(14-6-10(11,12)13)8-3-2-4-9(15)5-8/h2-5,7,14-15H,6H2,1H3. The van der Waals surface area contributed by atoms with Crippen molar-refractivity contribution >= 4 is 0 Å². The normalized spacial score (nSPS) is 13.9. The van der Waals surface area contributed by atoms with E-state index in [1.54, 1.807) is 19.1 Å². The molecule has 0 spiro atoms. The number of alkyl halides is 3. The molecule has 5 heteroatoms. The van der Waals surface area contributed by atoms with Gasteiger partial charge in [-0.25, -0.2) is 0 Å². The van der Waals surface area contributed by atoms with E-state index in [1.165, 1.54) is 12.1 Å². The first-order chi connectivity index (χ1) is 6.88. The molecule has 0 radical (unpaired) electrons. The Bertz CT molecular complexity index is 325. The van der Waals surface area contributed by atoms with Crippen molar-refractivity contribution in [3.05, 3.63) is 29.8 Å². The van der Waals surface area contributed by atoms with E-state index in [4.69, 9.17) is 5.11 Å². The Morgan fingerprint density at radius 1 is 1.40 bits per heavy atom. The summed E-state index contributed by atoms with van der Waals surface area (Å²) < 4.78 is 35.7. The Balaban J connectivity index is 2.58. The molecule has 0 bridgehead atoms. The highest BCUT2D eigenvalue weighted by Gasteiger charge is 2.27. The van der Waals surface area contributed by atoms with Crippen molar-refractivity contribution in [1.29, 1.82) is 0 Å². The SMILES string of the molecule is CC(NCC(F)(F)F)c1cccc(O)c1. The van der Waals surface area contributed by atoms with Crippen LogP contribution in [0.5, 0.6) is 5.75 Å². The molecule has 0 fully saturated rings. The molecule has 0 aliphatic heterocycles. The van der Waals surface area contributed by atoms with Gasteiger partial charge >= 0.3 is 6.18 Å². The van der Waals surface area contributed by atoms with Crippen LogP contribution in [0, 0.1) is 0 Å². The van der Waals surface area contributed by atoms with Crippen molar-refractivity contribution in [2.45, 2.75) is 19.1 Å². The van der Waals surface area contributed by atoms with Crippen LogP contribution in [0.2, 0.25) is 0 Å². The molecular weight excluding hydrogens is 207 g/mol. The highest BCUT2D eigenvalue weighted by Crippen LogP contribution is 2.19. The zero-order valence-electron chi connectivity index (χ0n) is 8.17. The summed E-state index contributed by atoms with van der Waals surface area (Å²) in [5.41, 5.74) is 0.624. The first-order valence-corrected chi connectivity index (χ1v) is 4.47. The molecule has 0 amide bonds. The Morgan fingerprint density at radius 3 is 2.60 bits per heavy atom. The van der Waals surface area contributed by atoms with Gasteiger partial charge in [0.15, 0.2) is 0 Å². The second-order valence-corrected chi connectivity index (χ2v) is 3.31. The van der Waals surface area contributed by atoms with Crippen molar-refractivity contribution < 1.29 is 18.3 Å². The fourth-order valence-corrected chi connectivity index (χ4v) is 1.18. The minimum Gasteiger partial charge on any atom is -0.508 e. The van der Waals surface area contributed by atoms with Gasteiger partial charge in [-0.3, -0.25) is 0 Å². The number of rotatable bonds is 3. The molecule has 2 N–H and O–H groups in total. The predicted molar refractivity (Wildman–Crippen MR) is 50.6 cm³/mol. The van der Waals surface area contributed by atoms with Gasteiger partial charge in [-0.2, -0.15) is 13.2 Å². The van der Waals surface area contributed by atoms with Crippen molar-refractivity contribution in [1.82, 2.24) is 5.32 Å². The summed E-state index contributed by atoms with van der Waals surface area (Å²) in [4.78, 5) is 0. The lowest BCUT2D eigenvalue weighted by molar-refractivity contribution is -0.126. The second kappa shape index (κ2) is 4.53. The smallest absolute Gasteiger partial charge is 0.401 e. The fraction of sp³-hybridized carbons (Fsp3) is 0.400. The first kappa shape index (κ1) is 11.8. The molecular formula is C10H12F3NO. The van der Waals surface area contributed by atoms with E-state index in [0.29, 0.717) is 5.56 Å². The zero-order chi connectivity index (χ0) is 11.5. The summed E-state index contributed by atoms with van der Waals surface area (Å²) in [6.45, 7) is 0.574. The minimum atomic E-state index is -4.22. The van der Waals surface area contributed by atoms with Crippen LogP contribution in [-0.2, 0) is 0 Å². The van der Waals surface area contributed by atoms with Crippen molar-refractivity contribution in [2.24, 2.45) is 0 Å². The van der Waals surface area contributed by atoms with Gasteiger partial charge < -0.3 is 10.4 Å². The third-order valence-electron chi connectivity index (χ3n) is 1.98. The van der Waals surface area contributed by atoms with Crippen LogP contribution in [-0.4, -0.2) is 17.8 Å². The van der Waals surface area contributed by atoms with Crippen LogP contribution in [0.15, 0.2) is 24.3 Å². The summed E-state index contributed by atoms with van der Waals surface area (Å²) in [7, 11) is 0. The number of hydrogen-bond donors (Lipinski definition) is 2. The molecule has 84 valence electrons. The number of aromatic hydroxyl groups is 1. The van der Waals surface area contributed by atoms with E-state index in [9.17, 15) is 13.2 Å². The zero-order valence-corrected chi connectivity index (χ0v) is 8.17. The van der Waals surface area contributed by atoms with Gasteiger partial charge in [-0.05, 0) is 24.6 Å². The summed E-state index contributed by atoms with van der Waals surface area (Å²) in [5.74, 6) is 0.0492. The number of phenolic OH excluding ortho intramolecular Hbond substituents is 1. The van der Waals surface area contributed by atoms with E-state index in [1.807, 2.05) is 0 Å². The average molecular weight is 219 g/mol. The van der Waals surface area contributed by atoms with Crippen molar-refractivity contribution in [3.8, 4) is 5.75 Å². The molecule has 0 aliphatic carbocycles. The van der Waals surface area contributed by atoms with Gasteiger partial charge in [0.1, 0.15) is 5.75 Å². The van der Waals surface area contributed by atoms with Crippen molar-refractivity contribution in [3.63, 3.8) is 0 Å². The average Bonchev–Trinajstić information content (AvgIpc) is 2.13. The number of nitrogens with one attached hydrogen (secondary N) is 1. The summed E-state index contributed by atoms with van der Waals surface area (Å²) in [5, 5.41) is 11.5. The maximum Gasteiger partial charge on any atom is 0.401 e. The van der Waals surface area contributed by atoms with Gasteiger partial charge in [0.25, 0.3) is 0 Å². The lowest BCUT2D eigenvalue weighted by atomic mass is 10.1. The maximum absolute atomic E-state index is 11.9. The molecule has 1 unspecified atom stereocenters. The molecule has 0 saturated carbocycles. The molecule has 0 heterocycles. The van der Waals surface area contributed by atoms with Crippen LogP contribution >= 0.6 is 0 Å². The largest absolute Gasteiger partial charge is 0.508 e. The van der Waals surface area contributed by atoms with Gasteiger partial charge in [0, 0.05) is 6.04 Å². The third kappa shape index (κ3) is 4.20. The van der Waals surface area contributed by atoms with Gasteiger partial charge in [0.2, 0.25) is 0 Å². The van der Waals surface area contributed by atoms with E-state index < -0.39 is 18.8 Å². The maximum atomic E-state index is 11.9. The summed E-state index contributed by atoms with van der Waals surface area (Å²) in [6, 6.07) is 5.72. The molecule has 2 nitrogen and oxygen atoms in total. The molecule has 1 aromatic carbocycles. The summed E-state index contributed by atoms with van der Waals surface area (Å²) in [6.07, 6.45) is -4.22.